The van der Waals surface area contributed by atoms with Gasteiger partial charge in [0.1, 0.15) is 0 Å². The number of carbonyl (C=O) groups is 1. The van der Waals surface area contributed by atoms with Crippen molar-refractivity contribution in [3.8, 4) is 0 Å². The highest BCUT2D eigenvalue weighted by Crippen LogP contribution is 2.33. The van der Waals surface area contributed by atoms with Crippen LogP contribution in [0.5, 0.6) is 0 Å². The van der Waals surface area contributed by atoms with Crippen molar-refractivity contribution in [1.82, 2.24) is 10.2 Å². The van der Waals surface area contributed by atoms with Crippen molar-refractivity contribution in [3.63, 3.8) is 0 Å². The molecule has 1 fully saturated rings. The van der Waals surface area contributed by atoms with E-state index in [1.165, 1.54) is 0 Å². The van der Waals surface area contributed by atoms with E-state index in [4.69, 9.17) is 5.73 Å². The molecule has 0 saturated carbocycles. The molecule has 1 saturated heterocycles. The van der Waals surface area contributed by atoms with Gasteiger partial charge in [-0.1, -0.05) is 18.2 Å². The lowest BCUT2D eigenvalue weighted by atomic mass is 9.84. The molecule has 1 amide bonds. The fourth-order valence-electron chi connectivity index (χ4n) is 2.91. The number of primary amides is 1. The van der Waals surface area contributed by atoms with Crippen LogP contribution in [-0.2, 0) is 5.54 Å². The Morgan fingerprint density at radius 2 is 2.17 bits per heavy atom. The number of amides is 1. The Morgan fingerprint density at radius 1 is 1.44 bits per heavy atom. The molecule has 18 heavy (non-hydrogen) atoms. The number of likely N-dealkylation sites (N-methyl/N-ethyl adjacent to an activating group) is 1. The lowest BCUT2D eigenvalue weighted by Crippen LogP contribution is -2.46. The van der Waals surface area contributed by atoms with Crippen LogP contribution in [-0.4, -0.2) is 38.0 Å². The predicted octanol–water partition coefficient (Wildman–Crippen LogP) is 0.926. The first-order chi connectivity index (χ1) is 8.55. The van der Waals surface area contributed by atoms with Crippen LogP contribution >= 0.6 is 0 Å². The minimum Gasteiger partial charge on any atom is -0.366 e. The molecule has 0 aliphatic carbocycles. The van der Waals surface area contributed by atoms with Gasteiger partial charge in [-0.15, -0.1) is 0 Å². The average Bonchev–Trinajstić information content (AvgIpc) is 2.77. The van der Waals surface area contributed by atoms with Gasteiger partial charge in [0.15, 0.2) is 0 Å². The Labute approximate surface area is 108 Å². The number of hydrogen-bond donors (Lipinski definition) is 2. The third-order valence-electron chi connectivity index (χ3n) is 3.54. The molecule has 1 aromatic carbocycles. The second-order valence-electron chi connectivity index (χ2n) is 5.26. The van der Waals surface area contributed by atoms with E-state index in [9.17, 15) is 4.79 Å². The normalized spacial score (nSPS) is 23.5. The lowest BCUT2D eigenvalue weighted by molar-refractivity contribution is 0.0996. The molecule has 4 nitrogen and oxygen atoms in total. The second-order valence-corrected chi connectivity index (χ2v) is 5.26. The van der Waals surface area contributed by atoms with Gasteiger partial charge in [-0.05, 0) is 45.1 Å². The summed E-state index contributed by atoms with van der Waals surface area (Å²) < 4.78 is 0. The highest BCUT2D eigenvalue weighted by molar-refractivity contribution is 5.94. The lowest BCUT2D eigenvalue weighted by Gasteiger charge is -2.34. The molecule has 4 heteroatoms. The van der Waals surface area contributed by atoms with Gasteiger partial charge in [0.2, 0.25) is 5.91 Å². The van der Waals surface area contributed by atoms with Gasteiger partial charge in [-0.2, -0.15) is 0 Å². The zero-order chi connectivity index (χ0) is 13.2. The Hall–Kier alpha value is -1.39. The van der Waals surface area contributed by atoms with Crippen LogP contribution in [0.3, 0.4) is 0 Å². The van der Waals surface area contributed by atoms with E-state index < -0.39 is 0 Å². The molecule has 1 aromatic rings. The van der Waals surface area contributed by atoms with E-state index in [1.54, 1.807) is 0 Å². The number of nitrogens with two attached hydrogens (primary N) is 1. The molecule has 1 aliphatic heterocycles. The van der Waals surface area contributed by atoms with Crippen molar-refractivity contribution in [2.75, 3.05) is 27.2 Å². The molecule has 0 spiro atoms. The molecule has 2 rings (SSSR count). The van der Waals surface area contributed by atoms with E-state index >= 15 is 0 Å². The fourth-order valence-corrected chi connectivity index (χ4v) is 2.91. The van der Waals surface area contributed by atoms with Crippen LogP contribution in [0.1, 0.15) is 28.8 Å². The number of carbonyl (C=O) groups excluding carboxylic acids is 1. The molecule has 0 bridgehead atoms. The van der Waals surface area contributed by atoms with Crippen LogP contribution in [0.15, 0.2) is 24.3 Å². The minimum atomic E-state index is -0.350. The maximum atomic E-state index is 11.6. The van der Waals surface area contributed by atoms with Crippen LogP contribution in [0.4, 0.5) is 0 Å². The molecule has 1 aliphatic rings. The number of rotatable bonds is 4. The summed E-state index contributed by atoms with van der Waals surface area (Å²) in [5, 5.41) is 3.56. The summed E-state index contributed by atoms with van der Waals surface area (Å²) in [5.74, 6) is -0.350. The summed E-state index contributed by atoms with van der Waals surface area (Å²) in [5.41, 5.74) is 7.01. The van der Waals surface area contributed by atoms with Gasteiger partial charge in [0, 0.05) is 12.1 Å². The first-order valence-electron chi connectivity index (χ1n) is 6.34. The quantitative estimate of drug-likeness (QED) is 0.832. The van der Waals surface area contributed by atoms with Gasteiger partial charge in [-0.25, -0.2) is 0 Å². The van der Waals surface area contributed by atoms with Crippen LogP contribution in [0.25, 0.3) is 0 Å². The smallest absolute Gasteiger partial charge is 0.249 e. The molecule has 0 radical (unpaired) electrons. The van der Waals surface area contributed by atoms with Gasteiger partial charge >= 0.3 is 0 Å². The van der Waals surface area contributed by atoms with E-state index in [0.717, 1.165) is 31.5 Å². The van der Waals surface area contributed by atoms with E-state index in [1.807, 2.05) is 24.3 Å². The number of nitrogens with one attached hydrogen (secondary N) is 1. The monoisotopic (exact) mass is 247 g/mol. The molecule has 98 valence electrons. The first kappa shape index (κ1) is 13.1. The number of nitrogens with zero attached hydrogens (tertiary/aromatic N) is 1. The summed E-state index contributed by atoms with van der Waals surface area (Å²) in [4.78, 5) is 13.7. The summed E-state index contributed by atoms with van der Waals surface area (Å²) in [7, 11) is 4.10. The van der Waals surface area contributed by atoms with Gasteiger partial charge in [-0.3, -0.25) is 4.79 Å². The summed E-state index contributed by atoms with van der Waals surface area (Å²) >= 11 is 0. The van der Waals surface area contributed by atoms with Gasteiger partial charge < -0.3 is 16.0 Å². The highest BCUT2D eigenvalue weighted by atomic mass is 16.1. The van der Waals surface area contributed by atoms with E-state index in [-0.39, 0.29) is 11.4 Å². The maximum Gasteiger partial charge on any atom is 0.249 e. The van der Waals surface area contributed by atoms with Crippen LogP contribution in [0, 0.1) is 0 Å². The molecule has 3 N–H and O–H groups in total. The largest absolute Gasteiger partial charge is 0.366 e. The highest BCUT2D eigenvalue weighted by Gasteiger charge is 2.37. The van der Waals surface area contributed by atoms with Crippen LogP contribution < -0.4 is 11.1 Å². The molecule has 1 unspecified atom stereocenters. The summed E-state index contributed by atoms with van der Waals surface area (Å²) in [6.07, 6.45) is 2.16. The Balaban J connectivity index is 2.46. The third-order valence-corrected chi connectivity index (χ3v) is 3.54. The number of benzene rings is 1. The summed E-state index contributed by atoms with van der Waals surface area (Å²) in [6.45, 7) is 1.86. The van der Waals surface area contributed by atoms with Crippen molar-refractivity contribution in [3.05, 3.63) is 35.4 Å². The van der Waals surface area contributed by atoms with Crippen molar-refractivity contribution in [1.29, 1.82) is 0 Å². The minimum absolute atomic E-state index is 0.144. The van der Waals surface area contributed by atoms with Gasteiger partial charge in [0.05, 0.1) is 5.54 Å². The average molecular weight is 247 g/mol. The molecule has 0 aromatic heterocycles. The molecule has 1 heterocycles. The zero-order valence-electron chi connectivity index (χ0n) is 11.1. The topological polar surface area (TPSA) is 58.4 Å². The van der Waals surface area contributed by atoms with Crippen molar-refractivity contribution in [2.24, 2.45) is 5.73 Å². The zero-order valence-corrected chi connectivity index (χ0v) is 11.1. The first-order valence-corrected chi connectivity index (χ1v) is 6.34. The van der Waals surface area contributed by atoms with Crippen molar-refractivity contribution >= 4 is 5.91 Å². The third kappa shape index (κ3) is 2.40. The van der Waals surface area contributed by atoms with E-state index in [0.29, 0.717) is 5.56 Å². The van der Waals surface area contributed by atoms with E-state index in [2.05, 4.69) is 24.3 Å². The summed E-state index contributed by atoms with van der Waals surface area (Å²) in [6, 6.07) is 7.66. The Kier molecular flexibility index (Phi) is 3.68. The molecule has 1 atom stereocenters. The standard InChI is InChI=1S/C14H21N3O/c1-17(2)10-14(8-5-9-16-14)12-7-4-3-6-11(12)13(15)18/h3-4,6-7,16H,5,8-10H2,1-2H3,(H2,15,18). The van der Waals surface area contributed by atoms with Crippen molar-refractivity contribution in [2.45, 2.75) is 18.4 Å². The molecular weight excluding hydrogens is 226 g/mol. The van der Waals surface area contributed by atoms with Crippen molar-refractivity contribution < 1.29 is 4.79 Å². The van der Waals surface area contributed by atoms with Gasteiger partial charge in [0.25, 0.3) is 0 Å². The number of hydrogen-bond acceptors (Lipinski definition) is 3. The predicted molar refractivity (Wildman–Crippen MR) is 72.4 cm³/mol. The Morgan fingerprint density at radius 3 is 2.72 bits per heavy atom. The second kappa shape index (κ2) is 5.08. The van der Waals surface area contributed by atoms with Crippen LogP contribution in [0.2, 0.25) is 0 Å². The maximum absolute atomic E-state index is 11.6. The Bertz CT molecular complexity index is 436. The SMILES string of the molecule is CN(C)CC1(c2ccccc2C(N)=O)CCCN1. The fraction of sp³-hybridized carbons (Fsp3) is 0.500. The molecular formula is C14H21N3O.